The summed E-state index contributed by atoms with van der Waals surface area (Å²) in [6, 6.07) is 0.616. The van der Waals surface area contributed by atoms with Crippen LogP contribution in [0.1, 0.15) is 13.8 Å². The molecule has 3 heteroatoms. The van der Waals surface area contributed by atoms with Gasteiger partial charge in [-0.3, -0.25) is 0 Å². The first kappa shape index (κ1) is 11.3. The highest BCUT2D eigenvalue weighted by molar-refractivity contribution is 8.14. The highest BCUT2D eigenvalue weighted by Crippen LogP contribution is 2.30. The fourth-order valence-corrected chi connectivity index (χ4v) is 3.20. The summed E-state index contributed by atoms with van der Waals surface area (Å²) in [5.41, 5.74) is 0. The van der Waals surface area contributed by atoms with E-state index in [9.17, 15) is 0 Å². The van der Waals surface area contributed by atoms with E-state index < -0.39 is 0 Å². The van der Waals surface area contributed by atoms with Crippen LogP contribution in [0, 0.1) is 0 Å². The van der Waals surface area contributed by atoms with Gasteiger partial charge >= 0.3 is 0 Å². The van der Waals surface area contributed by atoms with Crippen LogP contribution in [0.15, 0.2) is 24.3 Å². The largest absolute Gasteiger partial charge is 1.00 e. The molecule has 0 spiro atoms. The molecule has 13 heavy (non-hydrogen) atoms. The minimum Gasteiger partial charge on any atom is -1.00 e. The molecule has 0 bridgehead atoms. The molecular formula is C10H14INS. The van der Waals surface area contributed by atoms with Crippen LogP contribution in [0.2, 0.25) is 0 Å². The second kappa shape index (κ2) is 4.64. The van der Waals surface area contributed by atoms with Gasteiger partial charge in [-0.15, -0.1) is 0 Å². The van der Waals surface area contributed by atoms with E-state index in [1.165, 1.54) is 5.04 Å². The van der Waals surface area contributed by atoms with Gasteiger partial charge in [-0.1, -0.05) is 18.2 Å². The molecule has 2 atom stereocenters. The van der Waals surface area contributed by atoms with Gasteiger partial charge in [-0.05, 0) is 24.8 Å². The lowest BCUT2D eigenvalue weighted by Gasteiger charge is -2.11. The van der Waals surface area contributed by atoms with Gasteiger partial charge in [0.15, 0.2) is 6.04 Å². The van der Waals surface area contributed by atoms with Crippen LogP contribution < -0.4 is 24.0 Å². The van der Waals surface area contributed by atoms with Crippen molar-refractivity contribution >= 4 is 16.8 Å². The summed E-state index contributed by atoms with van der Waals surface area (Å²) in [6.45, 7) is 5.56. The summed E-state index contributed by atoms with van der Waals surface area (Å²) in [4.78, 5) is 0. The number of halogens is 1. The van der Waals surface area contributed by atoms with Crippen molar-refractivity contribution in [2.45, 2.75) is 25.1 Å². The Balaban J connectivity index is 0.000000845. The van der Waals surface area contributed by atoms with Gasteiger partial charge in [0, 0.05) is 6.92 Å². The molecule has 1 aliphatic carbocycles. The monoisotopic (exact) mass is 307 g/mol. The fourth-order valence-electron chi connectivity index (χ4n) is 1.87. The molecule has 0 aromatic carbocycles. The standard InChI is InChI=1S/C10H14NS.HI/c1-3-11-8(2)12-10-7-5-4-6-9(10)11;/h4-7,9-10H,3H2,1-2H3;1H/q+1;/p-1. The number of hydrogen-bond donors (Lipinski definition) is 0. The average molecular weight is 307 g/mol. The van der Waals surface area contributed by atoms with E-state index in [-0.39, 0.29) is 24.0 Å². The summed E-state index contributed by atoms with van der Waals surface area (Å²) in [5.74, 6) is 0. The maximum absolute atomic E-state index is 2.47. The Bertz CT molecular complexity index is 281. The van der Waals surface area contributed by atoms with E-state index in [1.54, 1.807) is 0 Å². The zero-order chi connectivity index (χ0) is 8.55. The molecule has 0 radical (unpaired) electrons. The first-order chi connectivity index (χ1) is 5.83. The van der Waals surface area contributed by atoms with Crippen LogP contribution in [0.5, 0.6) is 0 Å². The van der Waals surface area contributed by atoms with E-state index in [4.69, 9.17) is 0 Å². The van der Waals surface area contributed by atoms with Gasteiger partial charge in [0.2, 0.25) is 5.04 Å². The summed E-state index contributed by atoms with van der Waals surface area (Å²) in [5, 5.41) is 2.12. The minimum absolute atomic E-state index is 0. The molecule has 0 amide bonds. The van der Waals surface area contributed by atoms with Gasteiger partial charge in [0.25, 0.3) is 0 Å². The lowest BCUT2D eigenvalue weighted by atomic mass is 10.1. The highest BCUT2D eigenvalue weighted by atomic mass is 127. The smallest absolute Gasteiger partial charge is 0.208 e. The molecule has 1 heterocycles. The first-order valence-corrected chi connectivity index (χ1v) is 5.32. The minimum atomic E-state index is 0. The third-order valence-corrected chi connectivity index (χ3v) is 3.75. The molecule has 0 saturated carbocycles. The van der Waals surface area contributed by atoms with Crippen LogP contribution >= 0.6 is 11.8 Å². The molecule has 2 unspecified atom stereocenters. The molecule has 0 aromatic rings. The van der Waals surface area contributed by atoms with Gasteiger partial charge in [0.05, 0.1) is 5.25 Å². The number of rotatable bonds is 1. The second-order valence-corrected chi connectivity index (χ2v) is 4.52. The lowest BCUT2D eigenvalue weighted by Crippen LogP contribution is -3.00. The number of nitrogens with zero attached hydrogens (tertiary/aromatic N) is 1. The molecule has 72 valence electrons. The van der Waals surface area contributed by atoms with Crippen molar-refractivity contribution in [1.82, 2.24) is 0 Å². The number of likely N-dealkylation sites (N-methyl/N-ethyl adjacent to an activating group) is 1. The Kier molecular flexibility index (Phi) is 4.04. The molecule has 2 rings (SSSR count). The normalized spacial score (nSPS) is 30.3. The molecule has 0 fully saturated rings. The number of allylic oxidation sites excluding steroid dienone is 2. The predicted octanol–water partition coefficient (Wildman–Crippen LogP) is -0.949. The van der Waals surface area contributed by atoms with Crippen LogP contribution in [0.4, 0.5) is 0 Å². The van der Waals surface area contributed by atoms with E-state index in [0.717, 1.165) is 6.54 Å². The summed E-state index contributed by atoms with van der Waals surface area (Å²) >= 11 is 1.99. The Morgan fingerprint density at radius 3 is 2.77 bits per heavy atom. The first-order valence-electron chi connectivity index (χ1n) is 4.44. The van der Waals surface area contributed by atoms with Crippen LogP contribution in [-0.4, -0.2) is 27.5 Å². The lowest BCUT2D eigenvalue weighted by molar-refractivity contribution is -0.544. The van der Waals surface area contributed by atoms with E-state index in [0.29, 0.717) is 11.3 Å². The molecule has 0 saturated heterocycles. The average Bonchev–Trinajstić information content (AvgIpc) is 2.40. The van der Waals surface area contributed by atoms with Crippen LogP contribution in [0.3, 0.4) is 0 Å². The maximum Gasteiger partial charge on any atom is 0.208 e. The third kappa shape index (κ3) is 2.01. The van der Waals surface area contributed by atoms with Crippen molar-refractivity contribution < 1.29 is 28.6 Å². The fraction of sp³-hybridized carbons (Fsp3) is 0.500. The predicted molar refractivity (Wildman–Crippen MR) is 54.9 cm³/mol. The Morgan fingerprint density at radius 1 is 1.38 bits per heavy atom. The molecule has 2 aliphatic rings. The quantitative estimate of drug-likeness (QED) is 0.446. The summed E-state index contributed by atoms with van der Waals surface area (Å²) in [6.07, 6.45) is 8.91. The molecule has 0 N–H and O–H groups in total. The van der Waals surface area contributed by atoms with Gasteiger partial charge in [0.1, 0.15) is 6.54 Å². The van der Waals surface area contributed by atoms with Crippen molar-refractivity contribution in [2.75, 3.05) is 6.54 Å². The molecule has 1 nitrogen and oxygen atoms in total. The molecular weight excluding hydrogens is 293 g/mol. The number of fused-ring (bicyclic) bond motifs is 1. The van der Waals surface area contributed by atoms with Crippen molar-refractivity contribution in [2.24, 2.45) is 0 Å². The summed E-state index contributed by atoms with van der Waals surface area (Å²) in [7, 11) is 0. The van der Waals surface area contributed by atoms with Crippen molar-refractivity contribution in [3.05, 3.63) is 24.3 Å². The van der Waals surface area contributed by atoms with Gasteiger partial charge in [-0.2, -0.15) is 0 Å². The zero-order valence-electron chi connectivity index (χ0n) is 7.90. The summed E-state index contributed by atoms with van der Waals surface area (Å²) < 4.78 is 2.47. The van der Waals surface area contributed by atoms with Crippen molar-refractivity contribution in [3.63, 3.8) is 0 Å². The Morgan fingerprint density at radius 2 is 2.08 bits per heavy atom. The van der Waals surface area contributed by atoms with Crippen LogP contribution in [0.25, 0.3) is 0 Å². The molecule has 1 aliphatic heterocycles. The topological polar surface area (TPSA) is 3.01 Å². The Labute approximate surface area is 101 Å². The van der Waals surface area contributed by atoms with E-state index in [2.05, 4.69) is 42.7 Å². The van der Waals surface area contributed by atoms with E-state index in [1.807, 2.05) is 11.8 Å². The highest BCUT2D eigenvalue weighted by Gasteiger charge is 2.37. The zero-order valence-corrected chi connectivity index (χ0v) is 10.9. The number of hydrogen-bond acceptors (Lipinski definition) is 1. The second-order valence-electron chi connectivity index (χ2n) is 3.15. The SMILES string of the molecule is CC[N+]1=C(C)SC2C=CC=CC21.[I-]. The third-order valence-electron chi connectivity index (χ3n) is 2.47. The maximum atomic E-state index is 2.47. The van der Waals surface area contributed by atoms with Crippen molar-refractivity contribution in [1.29, 1.82) is 0 Å². The van der Waals surface area contributed by atoms with Crippen LogP contribution in [-0.2, 0) is 0 Å². The Hall–Kier alpha value is 0.230. The van der Waals surface area contributed by atoms with E-state index >= 15 is 0 Å². The van der Waals surface area contributed by atoms with Gasteiger partial charge < -0.3 is 24.0 Å². The van der Waals surface area contributed by atoms with Gasteiger partial charge in [-0.25, -0.2) is 4.58 Å². The van der Waals surface area contributed by atoms with Crippen molar-refractivity contribution in [3.8, 4) is 0 Å². The molecule has 0 aromatic heterocycles. The number of thioether (sulfide) groups is 1.